The van der Waals surface area contributed by atoms with Crippen LogP contribution in [0.1, 0.15) is 9.67 Å². The third kappa shape index (κ3) is 3.66. The van der Waals surface area contributed by atoms with E-state index in [1.807, 2.05) is 5.38 Å². The SMILES string of the molecule is N/N=C/C(=N/Nc1ccc(Cl)cc1)C(=O)c1cccs1. The summed E-state index contributed by atoms with van der Waals surface area (Å²) in [6, 6.07) is 10.4. The molecule has 0 aliphatic carbocycles. The van der Waals surface area contributed by atoms with Crippen molar-refractivity contribution in [2.75, 3.05) is 5.43 Å². The summed E-state index contributed by atoms with van der Waals surface area (Å²) < 4.78 is 0. The lowest BCUT2D eigenvalue weighted by molar-refractivity contribution is 0.107. The molecular weight excluding hydrogens is 296 g/mol. The van der Waals surface area contributed by atoms with Gasteiger partial charge in [0.15, 0.2) is 5.71 Å². The van der Waals surface area contributed by atoms with Gasteiger partial charge in [-0.3, -0.25) is 10.2 Å². The number of ketones is 1. The fourth-order valence-electron chi connectivity index (χ4n) is 1.39. The minimum absolute atomic E-state index is 0.130. The molecule has 7 heteroatoms. The smallest absolute Gasteiger partial charge is 0.224 e. The Labute approximate surface area is 124 Å². The van der Waals surface area contributed by atoms with E-state index in [1.165, 1.54) is 17.6 Å². The minimum Gasteiger partial charge on any atom is -0.323 e. The highest BCUT2D eigenvalue weighted by Gasteiger charge is 2.13. The number of rotatable bonds is 5. The first-order valence-corrected chi connectivity index (χ1v) is 6.87. The van der Waals surface area contributed by atoms with Gasteiger partial charge in [0.2, 0.25) is 5.78 Å². The quantitative estimate of drug-likeness (QED) is 0.386. The molecule has 5 nitrogen and oxygen atoms in total. The van der Waals surface area contributed by atoms with Crippen LogP contribution in [0.2, 0.25) is 5.02 Å². The summed E-state index contributed by atoms with van der Waals surface area (Å²) in [5.41, 5.74) is 3.60. The van der Waals surface area contributed by atoms with Crippen molar-refractivity contribution < 1.29 is 4.79 Å². The van der Waals surface area contributed by atoms with Crippen molar-refractivity contribution in [1.82, 2.24) is 0 Å². The van der Waals surface area contributed by atoms with E-state index in [4.69, 9.17) is 17.4 Å². The van der Waals surface area contributed by atoms with Crippen LogP contribution in [0.5, 0.6) is 0 Å². The molecule has 1 aromatic carbocycles. The second-order valence-corrected chi connectivity index (χ2v) is 5.08. The Morgan fingerprint density at radius 2 is 2.05 bits per heavy atom. The number of hydrazone groups is 2. The second kappa shape index (κ2) is 6.83. The van der Waals surface area contributed by atoms with E-state index >= 15 is 0 Å². The minimum atomic E-state index is -0.240. The number of thiophene rings is 1. The molecule has 0 atom stereocenters. The summed E-state index contributed by atoms with van der Waals surface area (Å²) in [6.07, 6.45) is 1.21. The molecule has 0 amide bonds. The predicted molar refractivity (Wildman–Crippen MR) is 83.8 cm³/mol. The van der Waals surface area contributed by atoms with Gasteiger partial charge >= 0.3 is 0 Å². The number of carbonyl (C=O) groups excluding carboxylic acids is 1. The van der Waals surface area contributed by atoms with Crippen LogP contribution in [0.25, 0.3) is 0 Å². The molecule has 0 spiro atoms. The molecule has 1 heterocycles. The van der Waals surface area contributed by atoms with Gasteiger partial charge in [-0.15, -0.1) is 11.3 Å². The van der Waals surface area contributed by atoms with Crippen molar-refractivity contribution in [2.45, 2.75) is 0 Å². The molecule has 0 bridgehead atoms. The van der Waals surface area contributed by atoms with Gasteiger partial charge in [0.05, 0.1) is 16.8 Å². The molecule has 0 saturated heterocycles. The number of nitrogens with two attached hydrogens (primary N) is 1. The number of carbonyl (C=O) groups is 1. The Hall–Kier alpha value is -2.18. The first-order valence-electron chi connectivity index (χ1n) is 5.61. The summed E-state index contributed by atoms with van der Waals surface area (Å²) in [4.78, 5) is 12.7. The largest absolute Gasteiger partial charge is 0.323 e. The van der Waals surface area contributed by atoms with E-state index < -0.39 is 0 Å². The maximum atomic E-state index is 12.1. The Morgan fingerprint density at radius 1 is 1.30 bits per heavy atom. The number of nitrogens with one attached hydrogen (secondary N) is 1. The van der Waals surface area contributed by atoms with Crippen molar-refractivity contribution >= 4 is 46.3 Å². The van der Waals surface area contributed by atoms with E-state index in [-0.39, 0.29) is 11.5 Å². The topological polar surface area (TPSA) is 79.8 Å². The van der Waals surface area contributed by atoms with Crippen molar-refractivity contribution in [3.8, 4) is 0 Å². The average molecular weight is 307 g/mol. The first-order chi connectivity index (χ1) is 9.70. The van der Waals surface area contributed by atoms with Crippen LogP contribution in [-0.4, -0.2) is 17.7 Å². The number of benzene rings is 1. The summed E-state index contributed by atoms with van der Waals surface area (Å²) in [6.45, 7) is 0. The van der Waals surface area contributed by atoms with Crippen LogP contribution in [0.4, 0.5) is 5.69 Å². The van der Waals surface area contributed by atoms with Crippen LogP contribution >= 0.6 is 22.9 Å². The van der Waals surface area contributed by atoms with Crippen molar-refractivity contribution in [3.63, 3.8) is 0 Å². The third-order valence-electron chi connectivity index (χ3n) is 2.32. The van der Waals surface area contributed by atoms with Crippen LogP contribution in [-0.2, 0) is 0 Å². The number of hydrogen-bond acceptors (Lipinski definition) is 6. The molecule has 2 rings (SSSR count). The summed E-state index contributed by atoms with van der Waals surface area (Å²) in [5.74, 6) is 4.86. The fraction of sp³-hybridized carbons (Fsp3) is 0. The van der Waals surface area contributed by atoms with Gasteiger partial charge in [0.25, 0.3) is 0 Å². The highest BCUT2D eigenvalue weighted by atomic mass is 35.5. The van der Waals surface area contributed by atoms with Gasteiger partial charge in [-0.25, -0.2) is 0 Å². The number of anilines is 1. The number of halogens is 1. The molecule has 0 fully saturated rings. The van der Waals surface area contributed by atoms with Gasteiger partial charge < -0.3 is 5.84 Å². The number of hydrogen-bond donors (Lipinski definition) is 2. The maximum absolute atomic E-state index is 12.1. The number of nitrogens with zero attached hydrogens (tertiary/aromatic N) is 2. The molecule has 0 unspecified atom stereocenters. The monoisotopic (exact) mass is 306 g/mol. The molecule has 2 aromatic rings. The van der Waals surface area contributed by atoms with Crippen molar-refractivity contribution in [2.24, 2.45) is 16.0 Å². The van der Waals surface area contributed by atoms with Gasteiger partial charge in [-0.1, -0.05) is 17.7 Å². The van der Waals surface area contributed by atoms with Crippen LogP contribution in [0, 0.1) is 0 Å². The lowest BCUT2D eigenvalue weighted by Gasteiger charge is -2.02. The first kappa shape index (κ1) is 14.2. The Balaban J connectivity index is 2.18. The van der Waals surface area contributed by atoms with Gasteiger partial charge in [-0.2, -0.15) is 10.2 Å². The molecular formula is C13H11ClN4OS. The normalized spacial score (nSPS) is 11.8. The van der Waals surface area contributed by atoms with E-state index in [1.54, 1.807) is 36.4 Å². The molecule has 3 N–H and O–H groups in total. The Bertz CT molecular complexity index is 635. The van der Waals surface area contributed by atoms with Gasteiger partial charge in [0, 0.05) is 5.02 Å². The molecule has 0 saturated carbocycles. The van der Waals surface area contributed by atoms with Crippen LogP contribution in [0.3, 0.4) is 0 Å². The molecule has 102 valence electrons. The molecule has 1 aromatic heterocycles. The standard InChI is InChI=1S/C13H11ClN4OS/c14-9-3-5-10(6-4-9)17-18-11(8-16-15)13(19)12-2-1-7-20-12/h1-8,17H,15H2/b16-8+,18-11-. The van der Waals surface area contributed by atoms with E-state index in [9.17, 15) is 4.79 Å². The average Bonchev–Trinajstić information content (AvgIpc) is 2.98. The number of Topliss-reactive ketones (excluding diaryl/α,β-unsaturated/α-hetero) is 1. The van der Waals surface area contributed by atoms with E-state index in [0.717, 1.165) is 0 Å². The van der Waals surface area contributed by atoms with Crippen LogP contribution < -0.4 is 11.3 Å². The van der Waals surface area contributed by atoms with E-state index in [0.29, 0.717) is 15.6 Å². The summed E-state index contributed by atoms with van der Waals surface area (Å²) >= 11 is 7.12. The van der Waals surface area contributed by atoms with Crippen molar-refractivity contribution in [3.05, 3.63) is 51.7 Å². The predicted octanol–water partition coefficient (Wildman–Crippen LogP) is 3.00. The zero-order valence-corrected chi connectivity index (χ0v) is 11.9. The molecule has 0 radical (unpaired) electrons. The van der Waals surface area contributed by atoms with Gasteiger partial charge in [0.1, 0.15) is 0 Å². The zero-order chi connectivity index (χ0) is 14.4. The molecule has 0 aliphatic rings. The lowest BCUT2D eigenvalue weighted by Crippen LogP contribution is -2.17. The highest BCUT2D eigenvalue weighted by Crippen LogP contribution is 2.14. The zero-order valence-electron chi connectivity index (χ0n) is 10.3. The summed E-state index contributed by atoms with van der Waals surface area (Å²) in [5, 5.41) is 9.82. The highest BCUT2D eigenvalue weighted by molar-refractivity contribution is 7.13. The second-order valence-electron chi connectivity index (χ2n) is 3.70. The molecule has 20 heavy (non-hydrogen) atoms. The molecule has 0 aliphatic heterocycles. The Morgan fingerprint density at radius 3 is 2.65 bits per heavy atom. The third-order valence-corrected chi connectivity index (χ3v) is 3.44. The lowest BCUT2D eigenvalue weighted by atomic mass is 10.2. The fourth-order valence-corrected chi connectivity index (χ4v) is 2.19. The van der Waals surface area contributed by atoms with Gasteiger partial charge in [-0.05, 0) is 35.7 Å². The Kier molecular flexibility index (Phi) is 4.86. The van der Waals surface area contributed by atoms with E-state index in [2.05, 4.69) is 15.6 Å². The summed E-state index contributed by atoms with van der Waals surface area (Å²) in [7, 11) is 0. The maximum Gasteiger partial charge on any atom is 0.224 e. The van der Waals surface area contributed by atoms with Crippen molar-refractivity contribution in [1.29, 1.82) is 0 Å². The van der Waals surface area contributed by atoms with Crippen LogP contribution in [0.15, 0.2) is 52.0 Å².